The van der Waals surface area contributed by atoms with Crippen LogP contribution in [0.15, 0.2) is 24.3 Å². The molecule has 18 heavy (non-hydrogen) atoms. The molecule has 0 aliphatic heterocycles. The van der Waals surface area contributed by atoms with Crippen molar-refractivity contribution >= 4 is 23.5 Å². The zero-order valence-corrected chi connectivity index (χ0v) is 10.8. The monoisotopic (exact) mass is 269 g/mol. The number of halogens is 1. The zero-order valence-electron chi connectivity index (χ0n) is 10.1. The number of carbonyl (C=O) groups excluding carboxylic acids is 2. The Kier molecular flexibility index (Phi) is 5.45. The lowest BCUT2D eigenvalue weighted by Gasteiger charge is -2.12. The summed E-state index contributed by atoms with van der Waals surface area (Å²) in [5.74, 6) is -0.261. The highest BCUT2D eigenvalue weighted by Gasteiger charge is 2.12. The third-order valence-corrected chi connectivity index (χ3v) is 2.63. The molecule has 1 unspecified atom stereocenters. The maximum atomic E-state index is 11.5. The Morgan fingerprint density at radius 3 is 2.50 bits per heavy atom. The van der Waals surface area contributed by atoms with Crippen molar-refractivity contribution in [2.75, 3.05) is 6.54 Å². The van der Waals surface area contributed by atoms with Crippen molar-refractivity contribution < 1.29 is 9.59 Å². The molecule has 1 aromatic rings. The molecule has 98 valence electrons. The Morgan fingerprint density at radius 2 is 1.94 bits per heavy atom. The number of hydrogen-bond donors (Lipinski definition) is 3. The van der Waals surface area contributed by atoms with Crippen molar-refractivity contribution in [3.05, 3.63) is 34.9 Å². The third kappa shape index (κ3) is 5.05. The van der Waals surface area contributed by atoms with Gasteiger partial charge in [-0.15, -0.1) is 0 Å². The van der Waals surface area contributed by atoms with Crippen LogP contribution in [0.2, 0.25) is 5.02 Å². The highest BCUT2D eigenvalue weighted by Crippen LogP contribution is 2.09. The summed E-state index contributed by atoms with van der Waals surface area (Å²) in [6.07, 6.45) is 0.701. The number of rotatable bonds is 5. The molecule has 0 heterocycles. The first-order valence-electron chi connectivity index (χ1n) is 5.57. The molecule has 0 aliphatic rings. The van der Waals surface area contributed by atoms with Crippen LogP contribution in [0, 0.1) is 0 Å². The van der Waals surface area contributed by atoms with E-state index in [0.29, 0.717) is 18.0 Å². The second-order valence-electron chi connectivity index (χ2n) is 3.90. The van der Waals surface area contributed by atoms with Crippen LogP contribution in [0.1, 0.15) is 12.5 Å². The molecule has 0 aliphatic carbocycles. The lowest BCUT2D eigenvalue weighted by Crippen LogP contribution is -2.47. The van der Waals surface area contributed by atoms with E-state index in [1.807, 2.05) is 12.1 Å². The van der Waals surface area contributed by atoms with Crippen LogP contribution in [-0.2, 0) is 11.2 Å². The van der Waals surface area contributed by atoms with E-state index in [0.717, 1.165) is 5.56 Å². The standard InChI is InChI=1S/C12H16ClN3O2/c1-8(16-12(14)18)11(17)15-7-6-9-2-4-10(13)5-3-9/h2-5,8H,6-7H2,1H3,(H,15,17)(H3,14,16,18). The van der Waals surface area contributed by atoms with Crippen molar-refractivity contribution in [3.63, 3.8) is 0 Å². The molecule has 4 N–H and O–H groups in total. The number of benzene rings is 1. The first-order valence-corrected chi connectivity index (χ1v) is 5.95. The summed E-state index contributed by atoms with van der Waals surface area (Å²) < 4.78 is 0. The van der Waals surface area contributed by atoms with Crippen molar-refractivity contribution in [1.29, 1.82) is 0 Å². The van der Waals surface area contributed by atoms with Crippen LogP contribution < -0.4 is 16.4 Å². The minimum atomic E-state index is -0.713. The first kappa shape index (κ1) is 14.3. The van der Waals surface area contributed by atoms with E-state index in [-0.39, 0.29) is 5.91 Å². The Bertz CT molecular complexity index is 420. The Balaban J connectivity index is 2.31. The summed E-state index contributed by atoms with van der Waals surface area (Å²) in [4.78, 5) is 22.1. The van der Waals surface area contributed by atoms with Gasteiger partial charge in [0.1, 0.15) is 6.04 Å². The molecule has 0 saturated carbocycles. The molecule has 0 saturated heterocycles. The average Bonchev–Trinajstić information content (AvgIpc) is 2.30. The van der Waals surface area contributed by atoms with E-state index in [4.69, 9.17) is 17.3 Å². The predicted molar refractivity (Wildman–Crippen MR) is 70.3 cm³/mol. The van der Waals surface area contributed by atoms with Gasteiger partial charge in [0.15, 0.2) is 0 Å². The van der Waals surface area contributed by atoms with Crippen LogP contribution in [0.25, 0.3) is 0 Å². The second kappa shape index (κ2) is 6.86. The van der Waals surface area contributed by atoms with E-state index in [9.17, 15) is 9.59 Å². The molecule has 3 amide bonds. The number of nitrogens with one attached hydrogen (secondary N) is 2. The molecule has 0 spiro atoms. The van der Waals surface area contributed by atoms with Gasteiger partial charge >= 0.3 is 6.03 Å². The van der Waals surface area contributed by atoms with Crippen molar-refractivity contribution in [1.82, 2.24) is 10.6 Å². The molecule has 0 radical (unpaired) electrons. The van der Waals surface area contributed by atoms with Gasteiger partial charge in [-0.3, -0.25) is 4.79 Å². The molecule has 1 atom stereocenters. The van der Waals surface area contributed by atoms with Gasteiger partial charge in [-0.1, -0.05) is 23.7 Å². The van der Waals surface area contributed by atoms with Crippen LogP contribution >= 0.6 is 11.6 Å². The lowest BCUT2D eigenvalue weighted by atomic mass is 10.1. The first-order chi connectivity index (χ1) is 8.49. The zero-order chi connectivity index (χ0) is 13.5. The van der Waals surface area contributed by atoms with Crippen LogP contribution in [0.4, 0.5) is 4.79 Å². The van der Waals surface area contributed by atoms with Gasteiger partial charge in [0.05, 0.1) is 0 Å². The summed E-state index contributed by atoms with van der Waals surface area (Å²) in [6.45, 7) is 2.06. The quantitative estimate of drug-likeness (QED) is 0.747. The number of urea groups is 1. The SMILES string of the molecule is CC(NC(N)=O)C(=O)NCCc1ccc(Cl)cc1. The fraction of sp³-hybridized carbons (Fsp3) is 0.333. The maximum absolute atomic E-state index is 11.5. The van der Waals surface area contributed by atoms with Crippen molar-refractivity contribution in [2.24, 2.45) is 5.73 Å². The Hall–Kier alpha value is -1.75. The molecule has 6 heteroatoms. The van der Waals surface area contributed by atoms with Gasteiger partial charge in [0.2, 0.25) is 5.91 Å². The summed E-state index contributed by atoms with van der Waals surface area (Å²) in [6, 6.07) is 6.06. The fourth-order valence-electron chi connectivity index (χ4n) is 1.41. The third-order valence-electron chi connectivity index (χ3n) is 2.38. The van der Waals surface area contributed by atoms with Crippen molar-refractivity contribution in [2.45, 2.75) is 19.4 Å². The topological polar surface area (TPSA) is 84.2 Å². The van der Waals surface area contributed by atoms with E-state index in [2.05, 4.69) is 10.6 Å². The summed E-state index contributed by atoms with van der Waals surface area (Å²) in [5, 5.41) is 5.70. The lowest BCUT2D eigenvalue weighted by molar-refractivity contribution is -0.122. The van der Waals surface area contributed by atoms with Gasteiger partial charge in [-0.25, -0.2) is 4.79 Å². The van der Waals surface area contributed by atoms with Crippen molar-refractivity contribution in [3.8, 4) is 0 Å². The average molecular weight is 270 g/mol. The van der Waals surface area contributed by atoms with Gasteiger partial charge < -0.3 is 16.4 Å². The fourth-order valence-corrected chi connectivity index (χ4v) is 1.54. The molecule has 0 fully saturated rings. The molecular weight excluding hydrogens is 254 g/mol. The Labute approximate surface area is 111 Å². The number of nitrogens with two attached hydrogens (primary N) is 1. The van der Waals surface area contributed by atoms with Gasteiger partial charge in [-0.2, -0.15) is 0 Å². The van der Waals surface area contributed by atoms with Crippen LogP contribution in [0.3, 0.4) is 0 Å². The highest BCUT2D eigenvalue weighted by molar-refractivity contribution is 6.30. The summed E-state index contributed by atoms with van der Waals surface area (Å²) >= 11 is 5.76. The van der Waals surface area contributed by atoms with Gasteiger partial charge in [-0.05, 0) is 31.0 Å². The minimum absolute atomic E-state index is 0.261. The highest BCUT2D eigenvalue weighted by atomic mass is 35.5. The smallest absolute Gasteiger partial charge is 0.312 e. The van der Waals surface area contributed by atoms with Crippen LogP contribution in [0.5, 0.6) is 0 Å². The number of primary amides is 1. The Morgan fingerprint density at radius 1 is 1.33 bits per heavy atom. The van der Waals surface area contributed by atoms with Gasteiger partial charge in [0.25, 0.3) is 0 Å². The van der Waals surface area contributed by atoms with E-state index >= 15 is 0 Å². The van der Waals surface area contributed by atoms with E-state index < -0.39 is 12.1 Å². The van der Waals surface area contributed by atoms with Crippen LogP contribution in [-0.4, -0.2) is 24.5 Å². The number of hydrogen-bond acceptors (Lipinski definition) is 2. The molecule has 0 bridgehead atoms. The van der Waals surface area contributed by atoms with Gasteiger partial charge in [0, 0.05) is 11.6 Å². The van der Waals surface area contributed by atoms with E-state index in [1.54, 1.807) is 19.1 Å². The maximum Gasteiger partial charge on any atom is 0.312 e. The number of carbonyl (C=O) groups is 2. The minimum Gasteiger partial charge on any atom is -0.354 e. The normalized spacial score (nSPS) is 11.7. The van der Waals surface area contributed by atoms with E-state index in [1.165, 1.54) is 0 Å². The largest absolute Gasteiger partial charge is 0.354 e. The second-order valence-corrected chi connectivity index (χ2v) is 4.33. The number of amides is 3. The molecule has 1 aromatic carbocycles. The molecule has 0 aromatic heterocycles. The molecular formula is C12H16ClN3O2. The summed E-state index contributed by atoms with van der Waals surface area (Å²) in [7, 11) is 0. The summed E-state index contributed by atoms with van der Waals surface area (Å²) in [5.41, 5.74) is 6.00. The molecule has 5 nitrogen and oxygen atoms in total. The molecule has 1 rings (SSSR count). The predicted octanol–water partition coefficient (Wildman–Crippen LogP) is 1.06.